The van der Waals surface area contributed by atoms with E-state index in [1.54, 1.807) is 4.90 Å². The average Bonchev–Trinajstić information content (AvgIpc) is 3.35. The molecule has 1 aromatic carbocycles. The number of halogens is 2. The van der Waals surface area contributed by atoms with Crippen molar-refractivity contribution in [2.45, 2.75) is 82.2 Å². The molecule has 4 aliphatic rings. The number of carbonyl (C=O) groups excluding carboxylic acids is 1. The molecule has 5 rings (SSSR count). The normalized spacial score (nSPS) is 29.4. The maximum absolute atomic E-state index is 14.1. The van der Waals surface area contributed by atoms with Gasteiger partial charge in [0.15, 0.2) is 0 Å². The Morgan fingerprint density at radius 1 is 0.969 bits per heavy atom. The predicted molar refractivity (Wildman–Crippen MR) is 122 cm³/mol. The first kappa shape index (κ1) is 21.8. The fraction of sp³-hybridized carbons (Fsp3) is 0.680. The number of aliphatic imine (C=N–C) groups is 1. The van der Waals surface area contributed by atoms with Gasteiger partial charge in [-0.15, -0.1) is 0 Å². The van der Waals surface area contributed by atoms with Gasteiger partial charge >= 0.3 is 6.03 Å². The smallest absolute Gasteiger partial charge is 0.300 e. The first-order valence-electron chi connectivity index (χ1n) is 12.4. The second-order valence-corrected chi connectivity index (χ2v) is 10.2. The molecule has 174 valence electrons. The Bertz CT molecular complexity index is 858. The zero-order valence-corrected chi connectivity index (χ0v) is 18.8. The number of urea groups is 1. The molecule has 0 bridgehead atoms. The summed E-state index contributed by atoms with van der Waals surface area (Å²) in [6, 6.07) is 3.28. The van der Waals surface area contributed by atoms with E-state index in [-0.39, 0.29) is 17.8 Å². The van der Waals surface area contributed by atoms with Gasteiger partial charge in [-0.3, -0.25) is 15.2 Å². The van der Waals surface area contributed by atoms with Gasteiger partial charge in [-0.25, -0.2) is 13.6 Å². The zero-order valence-electron chi connectivity index (χ0n) is 18.8. The Kier molecular flexibility index (Phi) is 6.19. The minimum atomic E-state index is -0.688. The van der Waals surface area contributed by atoms with Crippen molar-refractivity contribution in [1.82, 2.24) is 10.2 Å². The molecule has 0 radical (unpaired) electrons. The number of hydrogen-bond acceptors (Lipinski definition) is 3. The molecule has 1 N–H and O–H groups in total. The van der Waals surface area contributed by atoms with Crippen LogP contribution in [0.2, 0.25) is 0 Å². The van der Waals surface area contributed by atoms with Gasteiger partial charge in [-0.1, -0.05) is 32.1 Å². The Balaban J connectivity index is 1.49. The number of amides is 2. The van der Waals surface area contributed by atoms with Gasteiger partial charge in [-0.2, -0.15) is 0 Å². The van der Waals surface area contributed by atoms with E-state index in [1.807, 2.05) is 0 Å². The van der Waals surface area contributed by atoms with Crippen LogP contribution in [0.25, 0.3) is 0 Å². The molecule has 0 aromatic heterocycles. The molecule has 5 nitrogen and oxygen atoms in total. The molecule has 1 unspecified atom stereocenters. The highest BCUT2D eigenvalue weighted by Crippen LogP contribution is 2.39. The summed E-state index contributed by atoms with van der Waals surface area (Å²) in [4.78, 5) is 22.3. The minimum Gasteiger partial charge on any atom is -0.300 e. The van der Waals surface area contributed by atoms with E-state index in [2.05, 4.69) is 10.2 Å². The molecule has 7 heteroatoms. The molecule has 1 atom stereocenters. The molecule has 32 heavy (non-hydrogen) atoms. The average molecular weight is 445 g/mol. The molecule has 1 aromatic rings. The number of nitrogens with one attached hydrogen (secondary N) is 1. The van der Waals surface area contributed by atoms with Crippen molar-refractivity contribution >= 4 is 17.6 Å². The summed E-state index contributed by atoms with van der Waals surface area (Å²) in [6.45, 7) is 2.68. The number of hydrogen-bond donors (Lipinski definition) is 1. The van der Waals surface area contributed by atoms with Crippen molar-refractivity contribution in [3.05, 3.63) is 29.8 Å². The molecular formula is C25H34F2N4O. The molecule has 2 aliphatic carbocycles. The van der Waals surface area contributed by atoms with Gasteiger partial charge in [0.2, 0.25) is 0 Å². The maximum atomic E-state index is 14.1. The van der Waals surface area contributed by atoms with Crippen LogP contribution >= 0.6 is 0 Å². The molecule has 2 aliphatic heterocycles. The van der Waals surface area contributed by atoms with Crippen molar-refractivity contribution in [3.63, 3.8) is 0 Å². The molecule has 2 saturated heterocycles. The van der Waals surface area contributed by atoms with Crippen LogP contribution in [0.1, 0.15) is 70.6 Å². The van der Waals surface area contributed by atoms with E-state index < -0.39 is 17.2 Å². The van der Waals surface area contributed by atoms with E-state index in [0.717, 1.165) is 57.7 Å². The lowest BCUT2D eigenvalue weighted by atomic mass is 9.84. The molecule has 1 spiro atoms. The highest BCUT2D eigenvalue weighted by atomic mass is 19.1. The summed E-state index contributed by atoms with van der Waals surface area (Å²) in [5.41, 5.74) is -0.413. The van der Waals surface area contributed by atoms with Gasteiger partial charge in [0.1, 0.15) is 23.0 Å². The summed E-state index contributed by atoms with van der Waals surface area (Å²) in [5, 5.41) is 3.02. The predicted octanol–water partition coefficient (Wildman–Crippen LogP) is 5.25. The van der Waals surface area contributed by atoms with Crippen LogP contribution in [-0.4, -0.2) is 48.0 Å². The minimum absolute atomic E-state index is 0.222. The summed E-state index contributed by atoms with van der Waals surface area (Å²) in [5.74, 6) is 0.0599. The van der Waals surface area contributed by atoms with E-state index in [0.29, 0.717) is 18.3 Å². The fourth-order valence-corrected chi connectivity index (χ4v) is 6.36. The Labute approximate surface area is 189 Å². The summed E-state index contributed by atoms with van der Waals surface area (Å²) >= 11 is 0. The number of piperidine rings is 1. The standard InChI is InChI=1S/C25H34F2N4O/c26-19-13-20(27)15-22(14-19)31-24(32)29-23(28-21-9-4-5-10-21)25(31)11-6-12-30(17-25)16-18-7-2-1-3-8-18/h13-15,18,21H,1-12,16-17H2,(H,28,29,32). The van der Waals surface area contributed by atoms with Crippen LogP contribution in [0.3, 0.4) is 0 Å². The van der Waals surface area contributed by atoms with Gasteiger partial charge in [0, 0.05) is 19.2 Å². The van der Waals surface area contributed by atoms with Gasteiger partial charge < -0.3 is 4.90 Å². The Morgan fingerprint density at radius 3 is 2.38 bits per heavy atom. The monoisotopic (exact) mass is 444 g/mol. The van der Waals surface area contributed by atoms with Gasteiger partial charge in [0.05, 0.1) is 11.7 Å². The van der Waals surface area contributed by atoms with Crippen molar-refractivity contribution in [1.29, 1.82) is 0 Å². The van der Waals surface area contributed by atoms with Crippen molar-refractivity contribution in [2.24, 2.45) is 10.9 Å². The lowest BCUT2D eigenvalue weighted by molar-refractivity contribution is 0.145. The quantitative estimate of drug-likeness (QED) is 0.690. The SMILES string of the molecule is O=C1NC(=NC2CCCC2)C2(CCCN(CC3CCCCC3)C2)N1c1cc(F)cc(F)c1. The second-order valence-electron chi connectivity index (χ2n) is 10.2. The van der Waals surface area contributed by atoms with E-state index in [9.17, 15) is 13.6 Å². The number of anilines is 1. The van der Waals surface area contributed by atoms with Crippen LogP contribution in [0.15, 0.2) is 23.2 Å². The zero-order chi connectivity index (χ0) is 22.1. The first-order valence-corrected chi connectivity index (χ1v) is 12.4. The van der Waals surface area contributed by atoms with Crippen molar-refractivity contribution < 1.29 is 13.6 Å². The van der Waals surface area contributed by atoms with Crippen LogP contribution in [0, 0.1) is 17.6 Å². The Hall–Kier alpha value is -2.02. The van der Waals surface area contributed by atoms with Crippen LogP contribution in [-0.2, 0) is 0 Å². The van der Waals surface area contributed by atoms with Gasteiger partial charge in [0.25, 0.3) is 0 Å². The third kappa shape index (κ3) is 4.28. The Morgan fingerprint density at radius 2 is 1.66 bits per heavy atom. The molecular weight excluding hydrogens is 410 g/mol. The summed E-state index contributed by atoms with van der Waals surface area (Å²) < 4.78 is 28.3. The highest BCUT2D eigenvalue weighted by Gasteiger charge is 2.54. The van der Waals surface area contributed by atoms with Crippen LogP contribution in [0.5, 0.6) is 0 Å². The number of nitrogens with zero attached hydrogens (tertiary/aromatic N) is 3. The number of rotatable bonds is 4. The molecule has 2 heterocycles. The summed E-state index contributed by atoms with van der Waals surface area (Å²) in [6.07, 6.45) is 12.5. The number of carbonyl (C=O) groups is 1. The van der Waals surface area contributed by atoms with Crippen LogP contribution < -0.4 is 10.2 Å². The third-order valence-electron chi connectivity index (χ3n) is 7.83. The molecule has 4 fully saturated rings. The highest BCUT2D eigenvalue weighted by molar-refractivity contribution is 6.19. The third-order valence-corrected chi connectivity index (χ3v) is 7.83. The number of benzene rings is 1. The number of amidine groups is 1. The topological polar surface area (TPSA) is 47.9 Å². The second kappa shape index (κ2) is 9.08. The number of likely N-dealkylation sites (tertiary alicyclic amines) is 1. The molecule has 2 saturated carbocycles. The largest absolute Gasteiger partial charge is 0.328 e. The molecule has 2 amide bonds. The fourth-order valence-electron chi connectivity index (χ4n) is 6.36. The van der Waals surface area contributed by atoms with Crippen LogP contribution in [0.4, 0.5) is 19.3 Å². The van der Waals surface area contributed by atoms with Crippen molar-refractivity contribution in [2.75, 3.05) is 24.5 Å². The summed E-state index contributed by atoms with van der Waals surface area (Å²) in [7, 11) is 0. The van der Waals surface area contributed by atoms with E-state index >= 15 is 0 Å². The lowest BCUT2D eigenvalue weighted by Crippen LogP contribution is -2.61. The van der Waals surface area contributed by atoms with E-state index in [4.69, 9.17) is 4.99 Å². The van der Waals surface area contributed by atoms with Crippen molar-refractivity contribution in [3.8, 4) is 0 Å². The maximum Gasteiger partial charge on any atom is 0.328 e. The van der Waals surface area contributed by atoms with E-state index in [1.165, 1.54) is 44.2 Å². The lowest BCUT2D eigenvalue weighted by Gasteiger charge is -2.45. The first-order chi connectivity index (χ1) is 15.5. The van der Waals surface area contributed by atoms with Gasteiger partial charge in [-0.05, 0) is 63.1 Å².